The van der Waals surface area contributed by atoms with Gasteiger partial charge in [0, 0.05) is 12.6 Å². The molecule has 0 saturated carbocycles. The molecule has 2 heterocycles. The number of hydrogen-bond donors (Lipinski definition) is 0. The van der Waals surface area contributed by atoms with E-state index in [1.165, 1.54) is 5.56 Å². The van der Waals surface area contributed by atoms with Crippen LogP contribution in [-0.2, 0) is 0 Å². The number of likely N-dealkylation sites (N-methyl/N-ethyl adjacent to an activating group) is 1. The number of anilines is 1. The maximum Gasteiger partial charge on any atom is 0.171 e. The summed E-state index contributed by atoms with van der Waals surface area (Å²) in [6.45, 7) is 7.71. The fraction of sp³-hybridized carbons (Fsp3) is 0.353. The Balaban J connectivity index is 0.000000704. The fourth-order valence-corrected chi connectivity index (χ4v) is 2.19. The SMILES string of the molecule is CC.Cc1cccc(-c2ccc3c(n2)N(C)CCO3)c1. The molecular weight excluding hydrogens is 248 g/mol. The van der Waals surface area contributed by atoms with Crippen LogP contribution in [0.3, 0.4) is 0 Å². The molecule has 0 N–H and O–H groups in total. The van der Waals surface area contributed by atoms with Crippen molar-refractivity contribution in [3.05, 3.63) is 42.0 Å². The lowest BCUT2D eigenvalue weighted by Gasteiger charge is -2.26. The van der Waals surface area contributed by atoms with Crippen LogP contribution in [0.4, 0.5) is 5.82 Å². The van der Waals surface area contributed by atoms with Gasteiger partial charge in [0.05, 0.1) is 12.2 Å². The summed E-state index contributed by atoms with van der Waals surface area (Å²) in [4.78, 5) is 6.84. The van der Waals surface area contributed by atoms with Crippen LogP contribution in [-0.4, -0.2) is 25.2 Å². The van der Waals surface area contributed by atoms with E-state index in [1.807, 2.05) is 33.0 Å². The Kier molecular flexibility index (Phi) is 4.61. The van der Waals surface area contributed by atoms with E-state index >= 15 is 0 Å². The van der Waals surface area contributed by atoms with E-state index in [2.05, 4.69) is 36.1 Å². The third-order valence-corrected chi connectivity index (χ3v) is 3.20. The molecular formula is C17H22N2O. The summed E-state index contributed by atoms with van der Waals surface area (Å²) in [5, 5.41) is 0. The van der Waals surface area contributed by atoms with Crippen LogP contribution in [0, 0.1) is 6.92 Å². The van der Waals surface area contributed by atoms with E-state index in [0.29, 0.717) is 0 Å². The Morgan fingerprint density at radius 2 is 1.95 bits per heavy atom. The molecule has 3 heteroatoms. The highest BCUT2D eigenvalue weighted by Gasteiger charge is 2.17. The molecule has 0 saturated heterocycles. The van der Waals surface area contributed by atoms with Crippen molar-refractivity contribution in [2.24, 2.45) is 0 Å². The van der Waals surface area contributed by atoms with Crippen molar-refractivity contribution >= 4 is 5.82 Å². The Labute approximate surface area is 121 Å². The van der Waals surface area contributed by atoms with Gasteiger partial charge in [-0.1, -0.05) is 37.6 Å². The van der Waals surface area contributed by atoms with Crippen LogP contribution >= 0.6 is 0 Å². The van der Waals surface area contributed by atoms with Crippen molar-refractivity contribution in [3.8, 4) is 17.0 Å². The minimum absolute atomic E-state index is 0.731. The van der Waals surface area contributed by atoms with Gasteiger partial charge in [-0.3, -0.25) is 0 Å². The lowest BCUT2D eigenvalue weighted by molar-refractivity contribution is 0.309. The molecule has 0 atom stereocenters. The average Bonchev–Trinajstić information content (AvgIpc) is 2.49. The molecule has 0 radical (unpaired) electrons. The van der Waals surface area contributed by atoms with Crippen LogP contribution in [0.25, 0.3) is 11.3 Å². The zero-order valence-electron chi connectivity index (χ0n) is 12.7. The van der Waals surface area contributed by atoms with E-state index in [4.69, 9.17) is 9.72 Å². The van der Waals surface area contributed by atoms with E-state index in [0.717, 1.165) is 36.0 Å². The van der Waals surface area contributed by atoms with Gasteiger partial charge in [0.1, 0.15) is 6.61 Å². The van der Waals surface area contributed by atoms with Gasteiger partial charge in [-0.2, -0.15) is 0 Å². The maximum absolute atomic E-state index is 5.60. The number of pyridine rings is 1. The minimum Gasteiger partial charge on any atom is -0.488 e. The number of nitrogens with zero attached hydrogens (tertiary/aromatic N) is 2. The first-order chi connectivity index (χ1) is 9.74. The van der Waals surface area contributed by atoms with Gasteiger partial charge in [-0.25, -0.2) is 4.98 Å². The van der Waals surface area contributed by atoms with Crippen LogP contribution in [0.5, 0.6) is 5.75 Å². The highest BCUT2D eigenvalue weighted by molar-refractivity contribution is 5.66. The van der Waals surface area contributed by atoms with E-state index in [-0.39, 0.29) is 0 Å². The number of rotatable bonds is 1. The van der Waals surface area contributed by atoms with Crippen LogP contribution in [0.1, 0.15) is 19.4 Å². The molecule has 1 aromatic heterocycles. The summed E-state index contributed by atoms with van der Waals surface area (Å²) in [5.41, 5.74) is 3.39. The minimum atomic E-state index is 0.731. The summed E-state index contributed by atoms with van der Waals surface area (Å²) in [6, 6.07) is 12.4. The number of aryl methyl sites for hydroxylation is 1. The standard InChI is InChI=1S/C15H16N2O.C2H6/c1-11-4-3-5-12(10-11)13-6-7-14-15(16-13)17(2)8-9-18-14;1-2/h3-7,10H,8-9H2,1-2H3;1-2H3. The molecule has 1 aromatic carbocycles. The van der Waals surface area contributed by atoms with E-state index in [1.54, 1.807) is 0 Å². The Morgan fingerprint density at radius 3 is 2.70 bits per heavy atom. The topological polar surface area (TPSA) is 25.4 Å². The first-order valence-corrected chi connectivity index (χ1v) is 7.16. The molecule has 1 aliphatic rings. The van der Waals surface area contributed by atoms with Crippen LogP contribution in [0.2, 0.25) is 0 Å². The first kappa shape index (κ1) is 14.4. The van der Waals surface area contributed by atoms with Crippen molar-refractivity contribution in [1.82, 2.24) is 4.98 Å². The Hall–Kier alpha value is -2.03. The Morgan fingerprint density at radius 1 is 1.15 bits per heavy atom. The van der Waals surface area contributed by atoms with Crippen molar-refractivity contribution < 1.29 is 4.74 Å². The number of benzene rings is 1. The van der Waals surface area contributed by atoms with Gasteiger partial charge in [0.25, 0.3) is 0 Å². The highest BCUT2D eigenvalue weighted by atomic mass is 16.5. The molecule has 0 spiro atoms. The van der Waals surface area contributed by atoms with Crippen molar-refractivity contribution in [2.45, 2.75) is 20.8 Å². The average molecular weight is 270 g/mol. The molecule has 2 aromatic rings. The van der Waals surface area contributed by atoms with Gasteiger partial charge in [-0.05, 0) is 25.1 Å². The molecule has 3 nitrogen and oxygen atoms in total. The number of fused-ring (bicyclic) bond motifs is 1. The molecule has 0 bridgehead atoms. The second-order valence-corrected chi connectivity index (χ2v) is 4.66. The lowest BCUT2D eigenvalue weighted by Crippen LogP contribution is -2.29. The van der Waals surface area contributed by atoms with E-state index < -0.39 is 0 Å². The predicted octanol–water partition coefficient (Wildman–Crippen LogP) is 3.91. The molecule has 0 unspecified atom stereocenters. The quantitative estimate of drug-likeness (QED) is 0.785. The van der Waals surface area contributed by atoms with Crippen molar-refractivity contribution in [2.75, 3.05) is 25.1 Å². The second kappa shape index (κ2) is 6.42. The molecule has 0 amide bonds. The zero-order chi connectivity index (χ0) is 14.5. The predicted molar refractivity (Wildman–Crippen MR) is 84.5 cm³/mol. The van der Waals surface area contributed by atoms with Crippen LogP contribution in [0.15, 0.2) is 36.4 Å². The summed E-state index contributed by atoms with van der Waals surface area (Å²) < 4.78 is 5.60. The molecule has 106 valence electrons. The summed E-state index contributed by atoms with van der Waals surface area (Å²) >= 11 is 0. The van der Waals surface area contributed by atoms with E-state index in [9.17, 15) is 0 Å². The van der Waals surface area contributed by atoms with Crippen molar-refractivity contribution in [1.29, 1.82) is 0 Å². The molecule has 20 heavy (non-hydrogen) atoms. The van der Waals surface area contributed by atoms with Gasteiger partial charge in [0.2, 0.25) is 0 Å². The van der Waals surface area contributed by atoms with Gasteiger partial charge in [-0.15, -0.1) is 0 Å². The third-order valence-electron chi connectivity index (χ3n) is 3.20. The maximum atomic E-state index is 5.60. The number of ether oxygens (including phenoxy) is 1. The largest absolute Gasteiger partial charge is 0.488 e. The third kappa shape index (κ3) is 2.93. The number of aromatic nitrogens is 1. The first-order valence-electron chi connectivity index (χ1n) is 7.16. The normalized spacial score (nSPS) is 12.9. The molecule has 3 rings (SSSR count). The van der Waals surface area contributed by atoms with Crippen LogP contribution < -0.4 is 9.64 Å². The summed E-state index contributed by atoms with van der Waals surface area (Å²) in [5.74, 6) is 1.81. The zero-order valence-corrected chi connectivity index (χ0v) is 12.7. The monoisotopic (exact) mass is 270 g/mol. The van der Waals surface area contributed by atoms with Gasteiger partial charge in [0.15, 0.2) is 11.6 Å². The summed E-state index contributed by atoms with van der Waals surface area (Å²) in [7, 11) is 2.05. The summed E-state index contributed by atoms with van der Waals surface area (Å²) in [6.07, 6.45) is 0. The van der Waals surface area contributed by atoms with Gasteiger partial charge >= 0.3 is 0 Å². The highest BCUT2D eigenvalue weighted by Crippen LogP contribution is 2.31. The fourth-order valence-electron chi connectivity index (χ4n) is 2.19. The smallest absolute Gasteiger partial charge is 0.171 e. The Bertz CT molecular complexity index is 581. The second-order valence-electron chi connectivity index (χ2n) is 4.66. The molecule has 0 fully saturated rings. The molecule has 1 aliphatic heterocycles. The lowest BCUT2D eigenvalue weighted by atomic mass is 10.1. The molecule has 0 aliphatic carbocycles. The number of hydrogen-bond acceptors (Lipinski definition) is 3. The van der Waals surface area contributed by atoms with Gasteiger partial charge < -0.3 is 9.64 Å². The van der Waals surface area contributed by atoms with Crippen molar-refractivity contribution in [3.63, 3.8) is 0 Å².